The van der Waals surface area contributed by atoms with Crippen LogP contribution in [-0.2, 0) is 0 Å². The molecule has 2 aliphatic heterocycles. The smallest absolute Gasteiger partial charge is 0.0548 e. The molecule has 1 N–H and O–H groups in total. The lowest BCUT2D eigenvalue weighted by molar-refractivity contribution is -0.0136. The molecule has 2 nitrogen and oxygen atoms in total. The van der Waals surface area contributed by atoms with Gasteiger partial charge in [0, 0.05) is 13.1 Å². The molecule has 3 rings (SSSR count). The fraction of sp³-hybridized carbons (Fsp3) is 1.00. The van der Waals surface area contributed by atoms with Gasteiger partial charge in [0.2, 0.25) is 0 Å². The van der Waals surface area contributed by atoms with Gasteiger partial charge < -0.3 is 5.32 Å². The Morgan fingerprint density at radius 2 is 2.56 bits per heavy atom. The third-order valence-corrected chi connectivity index (χ3v) is 3.53. The van der Waals surface area contributed by atoms with Crippen LogP contribution in [0.15, 0.2) is 0 Å². The highest BCUT2D eigenvalue weighted by molar-refractivity contribution is 5.45. The summed E-state index contributed by atoms with van der Waals surface area (Å²) in [6.45, 7) is 6.10. The molecule has 3 fully saturated rings. The maximum absolute atomic E-state index is 3.51. The molecule has 1 aliphatic carbocycles. The van der Waals surface area contributed by atoms with Crippen molar-refractivity contribution in [2.45, 2.75) is 24.4 Å². The quantitative estimate of drug-likeness (QED) is 0.521. The minimum atomic E-state index is 0.656. The van der Waals surface area contributed by atoms with E-state index in [9.17, 15) is 0 Å². The van der Waals surface area contributed by atoms with Gasteiger partial charge in [0.05, 0.1) is 11.1 Å². The number of nitrogens with one attached hydrogen (secondary N) is 1. The normalized spacial score (nSPS) is 61.0. The molecule has 0 aromatic carbocycles. The molecule has 0 aromatic rings. The summed E-state index contributed by atoms with van der Waals surface area (Å²) in [7, 11) is 0. The van der Waals surface area contributed by atoms with E-state index in [2.05, 4.69) is 17.1 Å². The zero-order valence-electron chi connectivity index (χ0n) is 5.78. The van der Waals surface area contributed by atoms with Crippen molar-refractivity contribution in [3.63, 3.8) is 0 Å². The number of likely N-dealkylation sites (tertiary alicyclic amines) is 1. The second-order valence-corrected chi connectivity index (χ2v) is 3.66. The lowest BCUT2D eigenvalue weighted by atomic mass is 9.89. The van der Waals surface area contributed by atoms with Gasteiger partial charge in [-0.05, 0) is 13.0 Å². The Bertz CT molecular complexity index is 180. The lowest BCUT2D eigenvalue weighted by Crippen LogP contribution is -2.77. The largest absolute Gasteiger partial charge is 0.306 e. The molecule has 0 radical (unpaired) electrons. The van der Waals surface area contributed by atoms with E-state index in [1.165, 1.54) is 26.1 Å². The molecular formula is C7H12N2. The van der Waals surface area contributed by atoms with E-state index < -0.39 is 0 Å². The number of hydrogen-bond acceptors (Lipinski definition) is 2. The summed E-state index contributed by atoms with van der Waals surface area (Å²) in [5, 5.41) is 3.51. The topological polar surface area (TPSA) is 15.3 Å². The van der Waals surface area contributed by atoms with E-state index in [-0.39, 0.29) is 0 Å². The minimum Gasteiger partial charge on any atom is -0.306 e. The summed E-state index contributed by atoms with van der Waals surface area (Å²) in [6, 6.07) is 0. The Morgan fingerprint density at radius 1 is 1.67 bits per heavy atom. The molecule has 9 heavy (non-hydrogen) atoms. The number of likely N-dealkylation sites (N-methyl/N-ethyl adjacent to an activating group) is 1. The van der Waals surface area contributed by atoms with Crippen LogP contribution in [0.2, 0.25) is 0 Å². The fourth-order valence-corrected chi connectivity index (χ4v) is 2.71. The van der Waals surface area contributed by atoms with Crippen LogP contribution < -0.4 is 5.32 Å². The van der Waals surface area contributed by atoms with Crippen LogP contribution in [0.3, 0.4) is 0 Å². The Morgan fingerprint density at radius 3 is 2.67 bits per heavy atom. The molecule has 3 aliphatic rings. The second kappa shape index (κ2) is 0.956. The maximum atomic E-state index is 3.51. The van der Waals surface area contributed by atoms with Crippen molar-refractivity contribution >= 4 is 0 Å². The Hall–Kier alpha value is -0.0800. The SMILES string of the molecule is CCN1C[C@]23C[C@]12CN3. The fourth-order valence-electron chi connectivity index (χ4n) is 2.71. The van der Waals surface area contributed by atoms with E-state index in [0.717, 1.165) is 0 Å². The molecule has 2 heteroatoms. The van der Waals surface area contributed by atoms with Crippen molar-refractivity contribution in [3.05, 3.63) is 0 Å². The molecule has 1 saturated carbocycles. The Labute approximate surface area is 55.2 Å². The van der Waals surface area contributed by atoms with Crippen LogP contribution in [0.5, 0.6) is 0 Å². The Kier molecular flexibility index (Phi) is 0.498. The molecule has 2 atom stereocenters. The first-order chi connectivity index (χ1) is 4.33. The zero-order chi connectivity index (χ0) is 6.11. The summed E-state index contributed by atoms with van der Waals surface area (Å²) >= 11 is 0. The van der Waals surface area contributed by atoms with Crippen LogP contribution in [-0.4, -0.2) is 35.6 Å². The van der Waals surface area contributed by atoms with Crippen LogP contribution in [0, 0.1) is 0 Å². The third kappa shape index (κ3) is 0.256. The number of rotatable bonds is 1. The average Bonchev–Trinajstić information content (AvgIpc) is 2.38. The summed E-state index contributed by atoms with van der Waals surface area (Å²) in [6.07, 6.45) is 1.44. The van der Waals surface area contributed by atoms with Crippen LogP contribution in [0.4, 0.5) is 0 Å². The lowest BCUT2D eigenvalue weighted by Gasteiger charge is -2.55. The van der Waals surface area contributed by atoms with Gasteiger partial charge in [0.15, 0.2) is 0 Å². The van der Waals surface area contributed by atoms with E-state index in [0.29, 0.717) is 11.1 Å². The van der Waals surface area contributed by atoms with Crippen molar-refractivity contribution in [1.29, 1.82) is 0 Å². The second-order valence-electron chi connectivity index (χ2n) is 3.66. The van der Waals surface area contributed by atoms with Crippen molar-refractivity contribution < 1.29 is 0 Å². The summed E-state index contributed by atoms with van der Waals surface area (Å²) in [4.78, 5) is 2.60. The molecule has 0 unspecified atom stereocenters. The molecule has 0 aromatic heterocycles. The molecule has 50 valence electrons. The van der Waals surface area contributed by atoms with Gasteiger partial charge >= 0.3 is 0 Å². The zero-order valence-corrected chi connectivity index (χ0v) is 5.78. The average molecular weight is 124 g/mol. The minimum absolute atomic E-state index is 0.656. The van der Waals surface area contributed by atoms with E-state index in [1.54, 1.807) is 0 Å². The van der Waals surface area contributed by atoms with E-state index in [1.807, 2.05) is 0 Å². The van der Waals surface area contributed by atoms with Crippen LogP contribution in [0.1, 0.15) is 13.3 Å². The van der Waals surface area contributed by atoms with Gasteiger partial charge in [-0.15, -0.1) is 0 Å². The first-order valence-corrected chi connectivity index (χ1v) is 3.83. The Balaban J connectivity index is 1.90. The highest BCUT2D eigenvalue weighted by atomic mass is 15.5. The first kappa shape index (κ1) is 4.69. The van der Waals surface area contributed by atoms with E-state index >= 15 is 0 Å². The van der Waals surface area contributed by atoms with Gasteiger partial charge in [-0.1, -0.05) is 6.92 Å². The summed E-state index contributed by atoms with van der Waals surface area (Å²) < 4.78 is 0. The molecule has 2 heterocycles. The molecule has 0 bridgehead atoms. The van der Waals surface area contributed by atoms with Crippen LogP contribution in [0.25, 0.3) is 0 Å². The third-order valence-electron chi connectivity index (χ3n) is 3.53. The van der Waals surface area contributed by atoms with Crippen molar-refractivity contribution in [2.24, 2.45) is 0 Å². The van der Waals surface area contributed by atoms with Gasteiger partial charge in [0.25, 0.3) is 0 Å². The van der Waals surface area contributed by atoms with Crippen LogP contribution >= 0.6 is 0 Å². The first-order valence-electron chi connectivity index (χ1n) is 3.83. The van der Waals surface area contributed by atoms with Crippen molar-refractivity contribution in [3.8, 4) is 0 Å². The number of hydrogen-bond donors (Lipinski definition) is 1. The molecular weight excluding hydrogens is 112 g/mol. The predicted molar refractivity (Wildman–Crippen MR) is 35.3 cm³/mol. The maximum Gasteiger partial charge on any atom is 0.0548 e. The van der Waals surface area contributed by atoms with Gasteiger partial charge in [-0.25, -0.2) is 0 Å². The summed E-state index contributed by atoms with van der Waals surface area (Å²) in [5.41, 5.74) is 1.35. The standard InChI is InChI=1S/C7H12N2/c1-2-9-5-6-3-7(6,9)4-8-6/h8H,2-5H2,1H3/t6-,7-/m1/s1. The van der Waals surface area contributed by atoms with Gasteiger partial charge in [-0.3, -0.25) is 4.90 Å². The molecule has 2 saturated heterocycles. The highest BCUT2D eigenvalue weighted by Gasteiger charge is 2.83. The van der Waals surface area contributed by atoms with Crippen molar-refractivity contribution in [1.82, 2.24) is 10.2 Å². The van der Waals surface area contributed by atoms with Gasteiger partial charge in [0.1, 0.15) is 0 Å². The summed E-state index contributed by atoms with van der Waals surface area (Å²) in [5.74, 6) is 0. The highest BCUT2D eigenvalue weighted by Crippen LogP contribution is 2.66. The van der Waals surface area contributed by atoms with Crippen molar-refractivity contribution in [2.75, 3.05) is 19.6 Å². The monoisotopic (exact) mass is 124 g/mol. The molecule has 0 spiro atoms. The van der Waals surface area contributed by atoms with E-state index in [4.69, 9.17) is 0 Å². The van der Waals surface area contributed by atoms with Gasteiger partial charge in [-0.2, -0.15) is 0 Å². The predicted octanol–water partition coefficient (Wildman–Crippen LogP) is -0.194. The molecule has 0 amide bonds. The number of nitrogens with zero attached hydrogens (tertiary/aromatic N) is 1. The number of piperazine rings is 1.